The summed E-state index contributed by atoms with van der Waals surface area (Å²) in [6, 6.07) is 77.9. The van der Waals surface area contributed by atoms with Gasteiger partial charge in [-0.1, -0.05) is 146 Å². The molecule has 13 aromatic rings. The number of hydrogen-bond acceptors (Lipinski definition) is 0. The van der Waals surface area contributed by atoms with Crippen molar-refractivity contribution in [3.05, 3.63) is 212 Å². The molecule has 0 aliphatic carbocycles. The van der Waals surface area contributed by atoms with E-state index < -0.39 is 0 Å². The van der Waals surface area contributed by atoms with Gasteiger partial charge in [-0.2, -0.15) is 0 Å². The van der Waals surface area contributed by atoms with E-state index >= 15 is 0 Å². The Balaban J connectivity index is 1.02. The average molecular weight is 750 g/mol. The number of para-hydroxylation sites is 4. The molecule has 0 fully saturated rings. The zero-order valence-electron chi connectivity index (χ0n) is 32.0. The van der Waals surface area contributed by atoms with Gasteiger partial charge in [0.2, 0.25) is 0 Å². The van der Waals surface area contributed by atoms with E-state index in [9.17, 15) is 0 Å². The van der Waals surface area contributed by atoms with Gasteiger partial charge in [-0.15, -0.1) is 0 Å². The Kier molecular flexibility index (Phi) is 6.72. The highest BCUT2D eigenvalue weighted by Gasteiger charge is 2.20. The second-order valence-electron chi connectivity index (χ2n) is 15.7. The highest BCUT2D eigenvalue weighted by atomic mass is 15.0. The first-order chi connectivity index (χ1) is 29.3. The Morgan fingerprint density at radius 3 is 1.41 bits per heavy atom. The smallest absolute Gasteiger partial charge is 0.0625 e. The van der Waals surface area contributed by atoms with Crippen molar-refractivity contribution in [2.45, 2.75) is 0 Å². The van der Waals surface area contributed by atoms with Crippen LogP contribution in [0.2, 0.25) is 0 Å². The van der Waals surface area contributed by atoms with Crippen LogP contribution in [0.3, 0.4) is 0 Å². The highest BCUT2D eigenvalue weighted by Crippen LogP contribution is 2.43. The maximum Gasteiger partial charge on any atom is 0.0625 e. The molecular weight excluding hydrogens is 715 g/mol. The molecule has 0 spiro atoms. The van der Waals surface area contributed by atoms with Crippen molar-refractivity contribution >= 4 is 87.0 Å². The number of benzene rings is 10. The summed E-state index contributed by atoms with van der Waals surface area (Å²) in [5, 5.41) is 12.7. The van der Waals surface area contributed by atoms with E-state index in [1.54, 1.807) is 0 Å². The second-order valence-corrected chi connectivity index (χ2v) is 15.7. The Labute approximate surface area is 339 Å². The van der Waals surface area contributed by atoms with E-state index in [-0.39, 0.29) is 0 Å². The van der Waals surface area contributed by atoms with Crippen LogP contribution in [-0.2, 0) is 0 Å². The van der Waals surface area contributed by atoms with Crippen molar-refractivity contribution in [1.29, 1.82) is 0 Å². The summed E-state index contributed by atoms with van der Waals surface area (Å²) in [5.74, 6) is 0. The fourth-order valence-corrected chi connectivity index (χ4v) is 10.1. The maximum atomic E-state index is 2.49. The first-order valence-corrected chi connectivity index (χ1v) is 20.4. The Bertz CT molecular complexity index is 3840. The molecule has 0 unspecified atom stereocenters. The lowest BCUT2D eigenvalue weighted by molar-refractivity contribution is 1.14. The topological polar surface area (TPSA) is 14.8 Å². The monoisotopic (exact) mass is 749 g/mol. The number of aromatic nitrogens is 3. The van der Waals surface area contributed by atoms with E-state index in [0.29, 0.717) is 0 Å². The summed E-state index contributed by atoms with van der Waals surface area (Å²) in [6.45, 7) is 0. The molecule has 0 aliphatic rings. The molecule has 0 amide bonds. The van der Waals surface area contributed by atoms with Crippen molar-refractivity contribution in [2.75, 3.05) is 0 Å². The SMILES string of the molecule is c1ccc(-n2c3ccccc3c3ccc(-c4ccc5c(c4)c4ccccc4n5-c4cccc(-n5c6ccccc6c6c7ccccc7c7ccccc7c65)c4)cc32)cc1. The fraction of sp³-hybridized carbons (Fsp3) is 0. The fourth-order valence-electron chi connectivity index (χ4n) is 10.1. The molecule has 274 valence electrons. The lowest BCUT2D eigenvalue weighted by atomic mass is 9.97. The third-order valence-electron chi connectivity index (χ3n) is 12.6. The quantitative estimate of drug-likeness (QED) is 0.159. The summed E-state index contributed by atoms with van der Waals surface area (Å²) < 4.78 is 7.32. The molecule has 0 radical (unpaired) electrons. The third-order valence-corrected chi connectivity index (χ3v) is 12.6. The standard InChI is InChI=1S/C56H35N3/c1-2-15-38(16-3-1)57-50-26-11-8-21-43(50)45-31-29-37(34-54(45)57)36-30-32-53-49(33-36)44-22-9-12-27-51(44)58(53)39-17-14-18-40(35-39)59-52-28-13-10-25-48(52)55-46-23-6-4-19-41(46)42-20-5-7-24-47(42)56(55)59/h1-35H. The summed E-state index contributed by atoms with van der Waals surface area (Å²) in [7, 11) is 0. The van der Waals surface area contributed by atoms with Crippen LogP contribution in [0, 0.1) is 0 Å². The molecule has 0 atom stereocenters. The normalized spacial score (nSPS) is 12.1. The van der Waals surface area contributed by atoms with Gasteiger partial charge >= 0.3 is 0 Å². The molecular formula is C56H35N3. The van der Waals surface area contributed by atoms with Crippen molar-refractivity contribution in [3.63, 3.8) is 0 Å². The minimum atomic E-state index is 1.13. The third kappa shape index (κ3) is 4.58. The number of hydrogen-bond donors (Lipinski definition) is 0. The molecule has 0 N–H and O–H groups in total. The molecule has 3 nitrogen and oxygen atoms in total. The van der Waals surface area contributed by atoms with Crippen molar-refractivity contribution in [3.8, 4) is 28.2 Å². The Morgan fingerprint density at radius 1 is 0.220 bits per heavy atom. The van der Waals surface area contributed by atoms with Crippen molar-refractivity contribution in [2.24, 2.45) is 0 Å². The second kappa shape index (κ2) is 12.3. The van der Waals surface area contributed by atoms with Crippen molar-refractivity contribution in [1.82, 2.24) is 13.7 Å². The van der Waals surface area contributed by atoms with Crippen LogP contribution < -0.4 is 0 Å². The zero-order chi connectivity index (χ0) is 38.6. The number of rotatable bonds is 4. The van der Waals surface area contributed by atoms with Gasteiger partial charge in [0.05, 0.1) is 33.1 Å². The molecule has 3 heterocycles. The van der Waals surface area contributed by atoms with Gasteiger partial charge in [-0.05, 0) is 94.0 Å². The Hall–Kier alpha value is -7.88. The zero-order valence-corrected chi connectivity index (χ0v) is 32.0. The number of fused-ring (bicyclic) bond motifs is 14. The van der Waals surface area contributed by atoms with Crippen LogP contribution in [0.1, 0.15) is 0 Å². The van der Waals surface area contributed by atoms with Gasteiger partial charge in [0, 0.05) is 54.8 Å². The first-order valence-electron chi connectivity index (χ1n) is 20.4. The van der Waals surface area contributed by atoms with Crippen molar-refractivity contribution < 1.29 is 0 Å². The van der Waals surface area contributed by atoms with Gasteiger partial charge in [-0.3, -0.25) is 0 Å². The van der Waals surface area contributed by atoms with Gasteiger partial charge in [0.1, 0.15) is 0 Å². The van der Waals surface area contributed by atoms with Crippen LogP contribution >= 0.6 is 0 Å². The summed E-state index contributed by atoms with van der Waals surface area (Å²) in [4.78, 5) is 0. The maximum absolute atomic E-state index is 2.49. The van der Waals surface area contributed by atoms with E-state index in [4.69, 9.17) is 0 Å². The molecule has 0 saturated heterocycles. The average Bonchev–Trinajstić information content (AvgIpc) is 3.95. The van der Waals surface area contributed by atoms with Crippen LogP contribution in [0.15, 0.2) is 212 Å². The van der Waals surface area contributed by atoms with E-state index in [1.165, 1.54) is 104 Å². The lowest BCUT2D eigenvalue weighted by Gasteiger charge is -2.14. The van der Waals surface area contributed by atoms with Gasteiger partial charge in [0.15, 0.2) is 0 Å². The van der Waals surface area contributed by atoms with E-state index in [1.807, 2.05) is 0 Å². The van der Waals surface area contributed by atoms with Gasteiger partial charge in [-0.25, -0.2) is 0 Å². The first kappa shape index (κ1) is 32.2. The minimum Gasteiger partial charge on any atom is -0.309 e. The Morgan fingerprint density at radius 2 is 0.678 bits per heavy atom. The number of nitrogens with zero attached hydrogens (tertiary/aromatic N) is 3. The minimum absolute atomic E-state index is 1.13. The molecule has 59 heavy (non-hydrogen) atoms. The predicted molar refractivity (Wildman–Crippen MR) is 250 cm³/mol. The van der Waals surface area contributed by atoms with Crippen LogP contribution in [0.5, 0.6) is 0 Å². The van der Waals surface area contributed by atoms with E-state index in [2.05, 4.69) is 226 Å². The molecule has 3 heteroatoms. The summed E-state index contributed by atoms with van der Waals surface area (Å²) in [6.07, 6.45) is 0. The lowest BCUT2D eigenvalue weighted by Crippen LogP contribution is -1.99. The molecule has 0 saturated carbocycles. The molecule has 0 bridgehead atoms. The largest absolute Gasteiger partial charge is 0.309 e. The van der Waals surface area contributed by atoms with Gasteiger partial charge < -0.3 is 13.7 Å². The highest BCUT2D eigenvalue weighted by molar-refractivity contribution is 6.32. The molecule has 10 aromatic carbocycles. The summed E-state index contributed by atoms with van der Waals surface area (Å²) in [5.41, 5.74) is 13.1. The molecule has 13 rings (SSSR count). The summed E-state index contributed by atoms with van der Waals surface area (Å²) >= 11 is 0. The predicted octanol–water partition coefficient (Wildman–Crippen LogP) is 15.0. The van der Waals surface area contributed by atoms with Crippen LogP contribution in [0.4, 0.5) is 0 Å². The molecule has 3 aromatic heterocycles. The van der Waals surface area contributed by atoms with Crippen LogP contribution in [0.25, 0.3) is 115 Å². The molecule has 0 aliphatic heterocycles. The van der Waals surface area contributed by atoms with E-state index in [0.717, 1.165) is 11.4 Å². The van der Waals surface area contributed by atoms with Gasteiger partial charge in [0.25, 0.3) is 0 Å². The van der Waals surface area contributed by atoms with Crippen LogP contribution in [-0.4, -0.2) is 13.7 Å².